The molecule has 0 aromatic rings. The van der Waals surface area contributed by atoms with Gasteiger partial charge in [-0.25, -0.2) is 0 Å². The fourth-order valence-electron chi connectivity index (χ4n) is 8.01. The lowest BCUT2D eigenvalue weighted by molar-refractivity contribution is -0.151. The molecule has 6 heteroatoms. The lowest BCUT2D eigenvalue weighted by Crippen LogP contribution is -2.46. The highest BCUT2D eigenvalue weighted by Gasteiger charge is 2.24. The van der Waals surface area contributed by atoms with Crippen LogP contribution in [0.25, 0.3) is 0 Å². The predicted molar refractivity (Wildman–Crippen MR) is 255 cm³/mol. The van der Waals surface area contributed by atoms with Crippen molar-refractivity contribution in [2.24, 2.45) is 0 Å². The van der Waals surface area contributed by atoms with Gasteiger partial charge in [0.25, 0.3) is 0 Å². The normalized spacial score (nSPS) is 13.4. The van der Waals surface area contributed by atoms with Crippen LogP contribution in [0.4, 0.5) is 0 Å². The number of aliphatic hydroxyl groups is 2. The Morgan fingerprint density at radius 2 is 0.831 bits per heavy atom. The highest BCUT2D eigenvalue weighted by atomic mass is 16.5. The standard InChI is InChI=1S/C53H101NO5/c1-4-7-10-13-16-19-22-24-26-27-30-33-36-39-42-45-51(56)50(48-55)54-52(57)47-49(44-41-38-35-32-29-21-18-15-12-9-6-3)59-53(58)46-43-40-37-34-31-28-25-23-20-17-14-11-8-5-2/h28,31-32,35,49-51,55-56H,4-27,29-30,33-34,36-48H2,1-3H3,(H,54,57)/b31-28-,35-32-. The molecule has 0 aromatic carbocycles. The van der Waals surface area contributed by atoms with E-state index in [9.17, 15) is 19.8 Å². The molecule has 0 rings (SSSR count). The van der Waals surface area contributed by atoms with Crippen molar-refractivity contribution < 1.29 is 24.5 Å². The Hall–Kier alpha value is -1.66. The molecule has 59 heavy (non-hydrogen) atoms. The quantitative estimate of drug-likeness (QED) is 0.0322. The molecular formula is C53H101NO5. The molecule has 3 N–H and O–H groups in total. The molecule has 0 aliphatic carbocycles. The third kappa shape index (κ3) is 42.8. The second kappa shape index (κ2) is 47.4. The first-order valence-corrected chi connectivity index (χ1v) is 26.1. The van der Waals surface area contributed by atoms with Gasteiger partial charge in [-0.2, -0.15) is 0 Å². The first-order chi connectivity index (χ1) is 29.0. The second-order valence-electron chi connectivity index (χ2n) is 17.9. The van der Waals surface area contributed by atoms with Gasteiger partial charge >= 0.3 is 5.97 Å². The number of rotatable bonds is 47. The van der Waals surface area contributed by atoms with Gasteiger partial charge in [0.05, 0.1) is 25.2 Å². The SMILES string of the molecule is CCCCCCCC/C=C\CCCC(CC(=O)NC(CO)C(O)CCCCCCCCCCCCCCCCC)OC(=O)CCCCC/C=C\CCCCCCCCC. The smallest absolute Gasteiger partial charge is 0.306 e. The third-order valence-corrected chi connectivity index (χ3v) is 12.0. The highest BCUT2D eigenvalue weighted by molar-refractivity contribution is 5.77. The van der Waals surface area contributed by atoms with Crippen LogP contribution in [-0.2, 0) is 14.3 Å². The van der Waals surface area contributed by atoms with Crippen molar-refractivity contribution in [1.29, 1.82) is 0 Å². The Kier molecular flexibility index (Phi) is 46.1. The molecule has 0 spiro atoms. The maximum Gasteiger partial charge on any atom is 0.306 e. The van der Waals surface area contributed by atoms with E-state index in [0.29, 0.717) is 19.3 Å². The molecule has 0 aromatic heterocycles. The van der Waals surface area contributed by atoms with Crippen LogP contribution in [0.15, 0.2) is 24.3 Å². The van der Waals surface area contributed by atoms with Crippen LogP contribution >= 0.6 is 0 Å². The number of hydrogen-bond donors (Lipinski definition) is 3. The van der Waals surface area contributed by atoms with Crippen LogP contribution in [-0.4, -0.2) is 46.9 Å². The minimum absolute atomic E-state index is 0.0545. The largest absolute Gasteiger partial charge is 0.462 e. The molecule has 6 nitrogen and oxygen atoms in total. The summed E-state index contributed by atoms with van der Waals surface area (Å²) in [5.74, 6) is -0.512. The molecule has 0 saturated heterocycles. The van der Waals surface area contributed by atoms with Crippen LogP contribution < -0.4 is 5.32 Å². The van der Waals surface area contributed by atoms with E-state index < -0.39 is 18.2 Å². The van der Waals surface area contributed by atoms with E-state index in [4.69, 9.17) is 4.74 Å². The molecule has 0 radical (unpaired) electrons. The molecule has 0 fully saturated rings. The highest BCUT2D eigenvalue weighted by Crippen LogP contribution is 2.17. The minimum Gasteiger partial charge on any atom is -0.462 e. The Bertz CT molecular complexity index is 935. The van der Waals surface area contributed by atoms with Gasteiger partial charge in [0.15, 0.2) is 0 Å². The number of unbranched alkanes of at least 4 members (excludes halogenated alkanes) is 31. The maximum atomic E-state index is 13.2. The van der Waals surface area contributed by atoms with Crippen molar-refractivity contribution in [1.82, 2.24) is 5.32 Å². The van der Waals surface area contributed by atoms with Crippen LogP contribution in [0.5, 0.6) is 0 Å². The molecule has 0 bridgehead atoms. The number of carbonyl (C=O) groups is 2. The summed E-state index contributed by atoms with van der Waals surface area (Å²) >= 11 is 0. The summed E-state index contributed by atoms with van der Waals surface area (Å²) in [7, 11) is 0. The van der Waals surface area contributed by atoms with Gasteiger partial charge in [-0.05, 0) is 70.6 Å². The van der Waals surface area contributed by atoms with E-state index >= 15 is 0 Å². The lowest BCUT2D eigenvalue weighted by Gasteiger charge is -2.24. The summed E-state index contributed by atoms with van der Waals surface area (Å²) in [4.78, 5) is 26.1. The molecule has 0 aliphatic heterocycles. The number of hydrogen-bond acceptors (Lipinski definition) is 5. The van der Waals surface area contributed by atoms with E-state index in [1.54, 1.807) is 0 Å². The third-order valence-electron chi connectivity index (χ3n) is 12.0. The summed E-state index contributed by atoms with van der Waals surface area (Å²) in [6, 6.07) is -0.708. The fourth-order valence-corrected chi connectivity index (χ4v) is 8.01. The zero-order chi connectivity index (χ0) is 43.1. The Balaban J connectivity index is 4.53. The summed E-state index contributed by atoms with van der Waals surface area (Å²) in [6.07, 6.45) is 53.9. The van der Waals surface area contributed by atoms with Crippen molar-refractivity contribution in [3.05, 3.63) is 24.3 Å². The van der Waals surface area contributed by atoms with Crippen LogP contribution in [0.1, 0.15) is 278 Å². The van der Waals surface area contributed by atoms with Gasteiger partial charge in [0, 0.05) is 6.42 Å². The first-order valence-electron chi connectivity index (χ1n) is 26.1. The predicted octanol–water partition coefficient (Wildman–Crippen LogP) is 15.5. The van der Waals surface area contributed by atoms with E-state index in [-0.39, 0.29) is 24.9 Å². The van der Waals surface area contributed by atoms with E-state index in [1.807, 2.05) is 0 Å². The number of esters is 1. The molecule has 0 saturated carbocycles. The average molecular weight is 832 g/mol. The molecule has 3 unspecified atom stereocenters. The molecular weight excluding hydrogens is 731 g/mol. The summed E-state index contributed by atoms with van der Waals surface area (Å²) in [5.41, 5.74) is 0. The number of aliphatic hydroxyl groups excluding tert-OH is 2. The van der Waals surface area contributed by atoms with E-state index in [1.165, 1.54) is 167 Å². The molecule has 1 amide bonds. The van der Waals surface area contributed by atoms with Gasteiger partial charge in [-0.3, -0.25) is 9.59 Å². The monoisotopic (exact) mass is 832 g/mol. The second-order valence-corrected chi connectivity index (χ2v) is 17.9. The number of allylic oxidation sites excluding steroid dienone is 4. The van der Waals surface area contributed by atoms with Gasteiger partial charge in [-0.15, -0.1) is 0 Å². The molecule has 348 valence electrons. The van der Waals surface area contributed by atoms with Crippen molar-refractivity contribution in [2.75, 3.05) is 6.61 Å². The fraction of sp³-hybridized carbons (Fsp3) is 0.887. The average Bonchev–Trinajstić information content (AvgIpc) is 3.23. The van der Waals surface area contributed by atoms with E-state index in [0.717, 1.165) is 64.2 Å². The molecule has 0 aliphatic rings. The Labute approximate surface area is 367 Å². The van der Waals surface area contributed by atoms with E-state index in [2.05, 4.69) is 50.4 Å². The zero-order valence-corrected chi connectivity index (χ0v) is 39.7. The Morgan fingerprint density at radius 3 is 1.24 bits per heavy atom. The number of nitrogens with one attached hydrogen (secondary N) is 1. The van der Waals surface area contributed by atoms with Gasteiger partial charge < -0.3 is 20.3 Å². The number of carbonyl (C=O) groups excluding carboxylic acids is 2. The summed E-state index contributed by atoms with van der Waals surface area (Å²) in [5, 5.41) is 23.8. The zero-order valence-electron chi connectivity index (χ0n) is 39.7. The molecule has 0 heterocycles. The van der Waals surface area contributed by atoms with Crippen LogP contribution in [0.3, 0.4) is 0 Å². The minimum atomic E-state index is -0.793. The van der Waals surface area contributed by atoms with Gasteiger partial charge in [0.1, 0.15) is 6.10 Å². The van der Waals surface area contributed by atoms with Crippen LogP contribution in [0, 0.1) is 0 Å². The van der Waals surface area contributed by atoms with Gasteiger partial charge in [0.2, 0.25) is 5.91 Å². The maximum absolute atomic E-state index is 13.2. The molecule has 3 atom stereocenters. The number of ether oxygens (including phenoxy) is 1. The number of amides is 1. The summed E-state index contributed by atoms with van der Waals surface area (Å²) in [6.45, 7) is 6.47. The van der Waals surface area contributed by atoms with Crippen molar-refractivity contribution in [3.63, 3.8) is 0 Å². The first kappa shape index (κ1) is 57.3. The lowest BCUT2D eigenvalue weighted by atomic mass is 10.0. The van der Waals surface area contributed by atoms with Crippen molar-refractivity contribution in [2.45, 2.75) is 296 Å². The van der Waals surface area contributed by atoms with Crippen molar-refractivity contribution >= 4 is 11.9 Å². The van der Waals surface area contributed by atoms with Crippen molar-refractivity contribution in [3.8, 4) is 0 Å². The van der Waals surface area contributed by atoms with Gasteiger partial charge in [-0.1, -0.05) is 218 Å². The Morgan fingerprint density at radius 1 is 0.475 bits per heavy atom. The topological polar surface area (TPSA) is 95.9 Å². The summed E-state index contributed by atoms with van der Waals surface area (Å²) < 4.78 is 5.90. The van der Waals surface area contributed by atoms with Crippen LogP contribution in [0.2, 0.25) is 0 Å².